The van der Waals surface area contributed by atoms with Crippen molar-refractivity contribution in [2.24, 2.45) is 5.73 Å². The largest absolute Gasteiger partial charge is 0.481 e. The highest BCUT2D eigenvalue weighted by atomic mass is 16.4. The first-order valence-electron chi connectivity index (χ1n) is 5.13. The van der Waals surface area contributed by atoms with Gasteiger partial charge in [-0.15, -0.1) is 0 Å². The molecule has 0 fully saturated rings. The van der Waals surface area contributed by atoms with E-state index in [9.17, 15) is 4.79 Å². The Labute approximate surface area is 90.9 Å². The maximum atomic E-state index is 10.5. The molecule has 0 heterocycles. The Kier molecular flexibility index (Phi) is 6.38. The van der Waals surface area contributed by atoms with Crippen molar-refractivity contribution in [3.8, 4) is 0 Å². The van der Waals surface area contributed by atoms with Crippen LogP contribution in [0.15, 0.2) is 18.2 Å². The van der Waals surface area contributed by atoms with Gasteiger partial charge in [-0.1, -0.05) is 32.0 Å². The molecule has 84 valence electrons. The summed E-state index contributed by atoms with van der Waals surface area (Å²) in [5.41, 5.74) is 8.33. The van der Waals surface area contributed by atoms with Crippen LogP contribution in [0.1, 0.15) is 30.5 Å². The van der Waals surface area contributed by atoms with E-state index in [-0.39, 0.29) is 6.42 Å². The van der Waals surface area contributed by atoms with Crippen LogP contribution in [0.5, 0.6) is 0 Å². The second-order valence-corrected chi connectivity index (χ2v) is 3.04. The molecule has 0 spiro atoms. The summed E-state index contributed by atoms with van der Waals surface area (Å²) in [5, 5.41) is 8.59. The second-order valence-electron chi connectivity index (χ2n) is 3.04. The van der Waals surface area contributed by atoms with E-state index in [4.69, 9.17) is 10.8 Å². The molecule has 1 rings (SSSR count). The lowest BCUT2D eigenvalue weighted by atomic mass is 10.0. The first kappa shape index (κ1) is 13.7. The molecule has 15 heavy (non-hydrogen) atoms. The lowest BCUT2D eigenvalue weighted by Gasteiger charge is -2.04. The first-order chi connectivity index (χ1) is 7.13. The quantitative estimate of drug-likeness (QED) is 0.801. The SMILES string of the molecule is CC.Cc1cc(CN)ccc1CC(=O)O. The highest BCUT2D eigenvalue weighted by Crippen LogP contribution is 2.11. The predicted molar refractivity (Wildman–Crippen MR) is 61.8 cm³/mol. The van der Waals surface area contributed by atoms with Gasteiger partial charge in [0.1, 0.15) is 0 Å². The van der Waals surface area contributed by atoms with Crippen LogP contribution in [0.25, 0.3) is 0 Å². The van der Waals surface area contributed by atoms with E-state index in [2.05, 4.69) is 0 Å². The molecule has 1 aromatic rings. The van der Waals surface area contributed by atoms with Gasteiger partial charge in [0.05, 0.1) is 6.42 Å². The van der Waals surface area contributed by atoms with Crippen molar-refractivity contribution in [2.45, 2.75) is 33.7 Å². The summed E-state index contributed by atoms with van der Waals surface area (Å²) in [5.74, 6) is -0.802. The molecule has 0 aliphatic heterocycles. The zero-order valence-corrected chi connectivity index (χ0v) is 9.58. The zero-order valence-electron chi connectivity index (χ0n) is 9.58. The number of nitrogens with two attached hydrogens (primary N) is 1. The fraction of sp³-hybridized carbons (Fsp3) is 0.417. The summed E-state index contributed by atoms with van der Waals surface area (Å²) in [6, 6.07) is 5.62. The van der Waals surface area contributed by atoms with E-state index in [1.807, 2.05) is 39.0 Å². The van der Waals surface area contributed by atoms with Crippen LogP contribution in [-0.4, -0.2) is 11.1 Å². The summed E-state index contributed by atoms with van der Waals surface area (Å²) < 4.78 is 0. The van der Waals surface area contributed by atoms with Crippen LogP contribution < -0.4 is 5.73 Å². The molecule has 0 radical (unpaired) electrons. The number of aliphatic carboxylic acids is 1. The lowest BCUT2D eigenvalue weighted by Crippen LogP contribution is -2.03. The highest BCUT2D eigenvalue weighted by molar-refractivity contribution is 5.70. The molecule has 0 amide bonds. The van der Waals surface area contributed by atoms with Crippen molar-refractivity contribution < 1.29 is 9.90 Å². The maximum Gasteiger partial charge on any atom is 0.307 e. The predicted octanol–water partition coefficient (Wildman–Crippen LogP) is 2.11. The number of hydrogen-bond donors (Lipinski definition) is 2. The summed E-state index contributed by atoms with van der Waals surface area (Å²) >= 11 is 0. The normalized spacial score (nSPS) is 9.07. The van der Waals surface area contributed by atoms with Crippen molar-refractivity contribution in [1.29, 1.82) is 0 Å². The van der Waals surface area contributed by atoms with Crippen LogP contribution in [0, 0.1) is 6.92 Å². The molecule has 1 aromatic carbocycles. The Hall–Kier alpha value is -1.35. The molecule has 0 saturated heterocycles. The molecule has 0 atom stereocenters. The van der Waals surface area contributed by atoms with Crippen LogP contribution >= 0.6 is 0 Å². The molecule has 0 unspecified atom stereocenters. The van der Waals surface area contributed by atoms with E-state index < -0.39 is 5.97 Å². The lowest BCUT2D eigenvalue weighted by molar-refractivity contribution is -0.136. The van der Waals surface area contributed by atoms with Crippen molar-refractivity contribution in [2.75, 3.05) is 0 Å². The Morgan fingerprint density at radius 1 is 1.40 bits per heavy atom. The van der Waals surface area contributed by atoms with E-state index in [0.717, 1.165) is 16.7 Å². The fourth-order valence-corrected chi connectivity index (χ4v) is 1.25. The van der Waals surface area contributed by atoms with Gasteiger partial charge in [-0.3, -0.25) is 4.79 Å². The number of rotatable bonds is 3. The minimum atomic E-state index is -0.802. The zero-order chi connectivity index (χ0) is 11.8. The van der Waals surface area contributed by atoms with Crippen LogP contribution in [0.3, 0.4) is 0 Å². The van der Waals surface area contributed by atoms with Crippen molar-refractivity contribution >= 4 is 5.97 Å². The topological polar surface area (TPSA) is 63.3 Å². The smallest absolute Gasteiger partial charge is 0.307 e. The fourth-order valence-electron chi connectivity index (χ4n) is 1.25. The highest BCUT2D eigenvalue weighted by Gasteiger charge is 2.03. The number of carboxylic acids is 1. The minimum Gasteiger partial charge on any atom is -0.481 e. The monoisotopic (exact) mass is 209 g/mol. The van der Waals surface area contributed by atoms with E-state index in [1.165, 1.54) is 0 Å². The second kappa shape index (κ2) is 7.01. The number of carboxylic acid groups (broad SMARTS) is 1. The van der Waals surface area contributed by atoms with Gasteiger partial charge in [-0.2, -0.15) is 0 Å². The van der Waals surface area contributed by atoms with Crippen molar-refractivity contribution in [1.82, 2.24) is 0 Å². The van der Waals surface area contributed by atoms with Gasteiger partial charge in [0.15, 0.2) is 0 Å². The molecular weight excluding hydrogens is 190 g/mol. The Morgan fingerprint density at radius 3 is 2.40 bits per heavy atom. The minimum absolute atomic E-state index is 0.0800. The Balaban J connectivity index is 0.000000921. The van der Waals surface area contributed by atoms with Gasteiger partial charge in [-0.25, -0.2) is 0 Å². The molecule has 3 nitrogen and oxygen atoms in total. The molecule has 3 N–H and O–H groups in total. The van der Waals surface area contributed by atoms with Gasteiger partial charge in [0.2, 0.25) is 0 Å². The maximum absolute atomic E-state index is 10.5. The van der Waals surface area contributed by atoms with Crippen LogP contribution in [-0.2, 0) is 17.8 Å². The summed E-state index contributed by atoms with van der Waals surface area (Å²) in [4.78, 5) is 10.5. The standard InChI is InChI=1S/C10H13NO2.C2H6/c1-7-4-8(6-11)2-3-9(7)5-10(12)13;1-2/h2-4H,5-6,11H2,1H3,(H,12,13);1-2H3. The van der Waals surface area contributed by atoms with Gasteiger partial charge in [0.25, 0.3) is 0 Å². The number of hydrogen-bond acceptors (Lipinski definition) is 2. The average Bonchev–Trinajstić information content (AvgIpc) is 2.23. The third-order valence-corrected chi connectivity index (χ3v) is 1.98. The number of carbonyl (C=O) groups is 1. The average molecular weight is 209 g/mol. The van der Waals surface area contributed by atoms with Gasteiger partial charge < -0.3 is 10.8 Å². The van der Waals surface area contributed by atoms with Crippen molar-refractivity contribution in [3.63, 3.8) is 0 Å². The van der Waals surface area contributed by atoms with Gasteiger partial charge in [0, 0.05) is 6.54 Å². The molecule has 0 saturated carbocycles. The van der Waals surface area contributed by atoms with E-state index in [1.54, 1.807) is 0 Å². The molecule has 0 aliphatic carbocycles. The molecular formula is C12H19NO2. The summed E-state index contributed by atoms with van der Waals surface area (Å²) in [6.07, 6.45) is 0.0800. The van der Waals surface area contributed by atoms with E-state index in [0.29, 0.717) is 6.54 Å². The molecule has 0 aliphatic rings. The third kappa shape index (κ3) is 4.61. The molecule has 0 bridgehead atoms. The number of benzene rings is 1. The van der Waals surface area contributed by atoms with E-state index >= 15 is 0 Å². The Bertz CT molecular complexity index is 321. The van der Waals surface area contributed by atoms with Crippen LogP contribution in [0.4, 0.5) is 0 Å². The third-order valence-electron chi connectivity index (χ3n) is 1.98. The first-order valence-corrected chi connectivity index (χ1v) is 5.13. The van der Waals surface area contributed by atoms with Crippen LogP contribution in [0.2, 0.25) is 0 Å². The number of aryl methyl sites for hydroxylation is 1. The summed E-state index contributed by atoms with van der Waals surface area (Å²) in [7, 11) is 0. The van der Waals surface area contributed by atoms with Crippen molar-refractivity contribution in [3.05, 3.63) is 34.9 Å². The molecule has 3 heteroatoms. The summed E-state index contributed by atoms with van der Waals surface area (Å²) in [6.45, 7) is 6.39. The van der Waals surface area contributed by atoms with Gasteiger partial charge in [-0.05, 0) is 23.6 Å². The Morgan fingerprint density at radius 2 is 2.00 bits per heavy atom. The molecule has 0 aromatic heterocycles. The van der Waals surface area contributed by atoms with Gasteiger partial charge >= 0.3 is 5.97 Å².